The number of hydrogen-bond acceptors (Lipinski definition) is 3. The van der Waals surface area contributed by atoms with E-state index in [2.05, 4.69) is 10.4 Å². The van der Waals surface area contributed by atoms with Crippen LogP contribution in [0, 0.1) is 11.7 Å². The second-order valence-corrected chi connectivity index (χ2v) is 5.07. The quantitative estimate of drug-likeness (QED) is 0.889. The number of benzene rings is 1. The Kier molecular flexibility index (Phi) is 4.92. The van der Waals surface area contributed by atoms with Crippen molar-refractivity contribution >= 4 is 5.91 Å². The summed E-state index contributed by atoms with van der Waals surface area (Å²) in [4.78, 5) is 11.8. The Balaban J connectivity index is 1.88. The Morgan fingerprint density at radius 1 is 1.33 bits per heavy atom. The lowest BCUT2D eigenvalue weighted by Gasteiger charge is -2.06. The van der Waals surface area contributed by atoms with Gasteiger partial charge in [-0.1, -0.05) is 13.8 Å². The zero-order valence-electron chi connectivity index (χ0n) is 12.0. The summed E-state index contributed by atoms with van der Waals surface area (Å²) in [6.45, 7) is 4.81. The monoisotopic (exact) mass is 291 g/mol. The fourth-order valence-corrected chi connectivity index (χ4v) is 1.61. The van der Waals surface area contributed by atoms with Crippen LogP contribution in [0.4, 0.5) is 4.39 Å². The van der Waals surface area contributed by atoms with Crippen LogP contribution in [-0.2, 0) is 6.73 Å². The number of ether oxygens (including phenoxy) is 1. The first-order chi connectivity index (χ1) is 10.0. The molecule has 1 aromatic heterocycles. The molecule has 0 atom stereocenters. The summed E-state index contributed by atoms with van der Waals surface area (Å²) in [5.74, 6) is 0.408. The molecule has 21 heavy (non-hydrogen) atoms. The average Bonchev–Trinajstić information content (AvgIpc) is 2.93. The SMILES string of the molecule is CC(C)CNC(=O)c1ccn(COc2ccc(F)cc2)n1. The lowest BCUT2D eigenvalue weighted by molar-refractivity contribution is 0.0942. The fraction of sp³-hybridized carbons (Fsp3) is 0.333. The van der Waals surface area contributed by atoms with Crippen molar-refractivity contribution in [3.63, 3.8) is 0 Å². The number of amides is 1. The van der Waals surface area contributed by atoms with Crippen LogP contribution in [0.3, 0.4) is 0 Å². The highest BCUT2D eigenvalue weighted by Gasteiger charge is 2.09. The maximum absolute atomic E-state index is 12.8. The molecule has 0 aliphatic carbocycles. The lowest BCUT2D eigenvalue weighted by Crippen LogP contribution is -2.27. The van der Waals surface area contributed by atoms with Gasteiger partial charge in [0, 0.05) is 12.7 Å². The van der Waals surface area contributed by atoms with Gasteiger partial charge in [-0.2, -0.15) is 5.10 Å². The number of carbonyl (C=O) groups excluding carboxylic acids is 1. The van der Waals surface area contributed by atoms with E-state index in [-0.39, 0.29) is 18.5 Å². The molecule has 0 bridgehead atoms. The van der Waals surface area contributed by atoms with Crippen LogP contribution in [0.1, 0.15) is 24.3 Å². The summed E-state index contributed by atoms with van der Waals surface area (Å²) in [5.41, 5.74) is 0.346. The van der Waals surface area contributed by atoms with Gasteiger partial charge in [0.05, 0.1) is 0 Å². The number of hydrogen-bond donors (Lipinski definition) is 1. The first-order valence-electron chi connectivity index (χ1n) is 6.74. The molecule has 0 spiro atoms. The van der Waals surface area contributed by atoms with Gasteiger partial charge >= 0.3 is 0 Å². The second kappa shape index (κ2) is 6.88. The van der Waals surface area contributed by atoms with Crippen LogP contribution in [0.2, 0.25) is 0 Å². The number of aromatic nitrogens is 2. The first-order valence-corrected chi connectivity index (χ1v) is 6.74. The highest BCUT2D eigenvalue weighted by Crippen LogP contribution is 2.11. The summed E-state index contributed by atoms with van der Waals surface area (Å²) in [7, 11) is 0. The topological polar surface area (TPSA) is 56.2 Å². The zero-order chi connectivity index (χ0) is 15.2. The molecule has 112 valence electrons. The van der Waals surface area contributed by atoms with E-state index in [9.17, 15) is 9.18 Å². The molecule has 0 saturated carbocycles. The Hall–Kier alpha value is -2.37. The number of nitrogens with one attached hydrogen (secondary N) is 1. The third-order valence-electron chi connectivity index (χ3n) is 2.72. The van der Waals surface area contributed by atoms with Crippen LogP contribution >= 0.6 is 0 Å². The van der Waals surface area contributed by atoms with E-state index >= 15 is 0 Å². The fourth-order valence-electron chi connectivity index (χ4n) is 1.61. The van der Waals surface area contributed by atoms with E-state index in [1.807, 2.05) is 13.8 Å². The lowest BCUT2D eigenvalue weighted by atomic mass is 10.2. The van der Waals surface area contributed by atoms with Crippen LogP contribution in [0.5, 0.6) is 5.75 Å². The van der Waals surface area contributed by atoms with E-state index in [4.69, 9.17) is 4.74 Å². The third kappa shape index (κ3) is 4.59. The maximum Gasteiger partial charge on any atom is 0.271 e. The van der Waals surface area contributed by atoms with Gasteiger partial charge in [-0.05, 0) is 36.2 Å². The van der Waals surface area contributed by atoms with E-state index in [1.165, 1.54) is 28.9 Å². The van der Waals surface area contributed by atoms with Gasteiger partial charge in [0.25, 0.3) is 5.91 Å². The molecule has 1 heterocycles. The average molecular weight is 291 g/mol. The van der Waals surface area contributed by atoms with Gasteiger partial charge < -0.3 is 10.1 Å². The highest BCUT2D eigenvalue weighted by atomic mass is 19.1. The van der Waals surface area contributed by atoms with Crippen LogP contribution in [-0.4, -0.2) is 22.2 Å². The Morgan fingerprint density at radius 2 is 2.05 bits per heavy atom. The molecule has 0 radical (unpaired) electrons. The van der Waals surface area contributed by atoms with E-state index in [0.717, 1.165) is 0 Å². The minimum absolute atomic E-state index is 0.156. The first kappa shape index (κ1) is 15.0. The van der Waals surface area contributed by atoms with E-state index in [1.54, 1.807) is 12.3 Å². The predicted molar refractivity (Wildman–Crippen MR) is 76.4 cm³/mol. The Bertz CT molecular complexity index is 593. The number of nitrogens with zero attached hydrogens (tertiary/aromatic N) is 2. The molecule has 1 N–H and O–H groups in total. The van der Waals surface area contributed by atoms with Crippen molar-refractivity contribution in [2.24, 2.45) is 5.92 Å². The molecule has 2 aromatic rings. The maximum atomic E-state index is 12.8. The normalized spacial score (nSPS) is 10.7. The van der Waals surface area contributed by atoms with Gasteiger partial charge in [-0.15, -0.1) is 0 Å². The summed E-state index contributed by atoms with van der Waals surface area (Å²) in [6.07, 6.45) is 1.66. The molecule has 5 nitrogen and oxygen atoms in total. The summed E-state index contributed by atoms with van der Waals surface area (Å²) >= 11 is 0. The molecule has 1 aromatic carbocycles. The molecule has 0 fully saturated rings. The van der Waals surface area contributed by atoms with E-state index < -0.39 is 0 Å². The standard InChI is InChI=1S/C15H18FN3O2/c1-11(2)9-17-15(20)14-7-8-19(18-14)10-21-13-5-3-12(16)4-6-13/h3-8,11H,9-10H2,1-2H3,(H,17,20). The smallest absolute Gasteiger partial charge is 0.271 e. The molecular formula is C15H18FN3O2. The molecular weight excluding hydrogens is 273 g/mol. The summed E-state index contributed by atoms with van der Waals surface area (Å²) in [6, 6.07) is 7.35. The Morgan fingerprint density at radius 3 is 2.71 bits per heavy atom. The van der Waals surface area contributed by atoms with Gasteiger partial charge in [0.1, 0.15) is 17.3 Å². The van der Waals surface area contributed by atoms with Gasteiger partial charge in [0.15, 0.2) is 6.73 Å². The molecule has 1 amide bonds. The molecule has 0 unspecified atom stereocenters. The number of rotatable bonds is 6. The molecule has 0 aliphatic heterocycles. The van der Waals surface area contributed by atoms with Crippen LogP contribution < -0.4 is 10.1 Å². The van der Waals surface area contributed by atoms with E-state index in [0.29, 0.717) is 23.9 Å². The van der Waals surface area contributed by atoms with Crippen LogP contribution in [0.25, 0.3) is 0 Å². The highest BCUT2D eigenvalue weighted by molar-refractivity contribution is 5.92. The molecule has 2 rings (SSSR count). The van der Waals surface area contributed by atoms with Gasteiger partial charge in [-0.3, -0.25) is 4.79 Å². The second-order valence-electron chi connectivity index (χ2n) is 5.07. The van der Waals surface area contributed by atoms with Crippen molar-refractivity contribution in [3.8, 4) is 5.75 Å². The molecule has 0 aliphatic rings. The van der Waals surface area contributed by atoms with Crippen molar-refractivity contribution in [2.75, 3.05) is 6.54 Å². The number of halogens is 1. The Labute approximate surface area is 122 Å². The summed E-state index contributed by atoms with van der Waals surface area (Å²) < 4.78 is 19.7. The largest absolute Gasteiger partial charge is 0.471 e. The van der Waals surface area contributed by atoms with Crippen LogP contribution in [0.15, 0.2) is 36.5 Å². The van der Waals surface area contributed by atoms with Crippen molar-refractivity contribution in [1.82, 2.24) is 15.1 Å². The minimum atomic E-state index is -0.314. The zero-order valence-corrected chi connectivity index (χ0v) is 12.0. The number of carbonyl (C=O) groups is 1. The van der Waals surface area contributed by atoms with Crippen molar-refractivity contribution in [3.05, 3.63) is 48.0 Å². The molecule has 6 heteroatoms. The van der Waals surface area contributed by atoms with Crippen molar-refractivity contribution < 1.29 is 13.9 Å². The third-order valence-corrected chi connectivity index (χ3v) is 2.72. The summed E-state index contributed by atoms with van der Waals surface area (Å²) in [5, 5.41) is 6.92. The molecule has 0 saturated heterocycles. The van der Waals surface area contributed by atoms with Crippen molar-refractivity contribution in [1.29, 1.82) is 0 Å². The van der Waals surface area contributed by atoms with Gasteiger partial charge in [0.2, 0.25) is 0 Å². The van der Waals surface area contributed by atoms with Crippen molar-refractivity contribution in [2.45, 2.75) is 20.6 Å². The minimum Gasteiger partial charge on any atom is -0.471 e. The van der Waals surface area contributed by atoms with Gasteiger partial charge in [-0.25, -0.2) is 9.07 Å². The predicted octanol–water partition coefficient (Wildman–Crippen LogP) is 2.44.